The van der Waals surface area contributed by atoms with E-state index < -0.39 is 0 Å². The fraction of sp³-hybridized carbons (Fsp3) is 0.667. The number of aromatic nitrogens is 2. The average Bonchev–Trinajstić information content (AvgIpc) is 2.84. The Morgan fingerprint density at radius 1 is 1.56 bits per heavy atom. The third-order valence-electron chi connectivity index (χ3n) is 3.09. The standard InChI is InChI=1S/C12H21N5O/c1-3-5-14-10-7-11(16-12(13)15-10)17-6-4-9(8-17)18-2/h7,9H,3-6,8H2,1-2H3,(H3,13,14,15,16). The second-order valence-electron chi connectivity index (χ2n) is 4.49. The quantitative estimate of drug-likeness (QED) is 0.816. The van der Waals surface area contributed by atoms with Gasteiger partial charge in [-0.25, -0.2) is 0 Å². The Morgan fingerprint density at radius 3 is 3.06 bits per heavy atom. The Balaban J connectivity index is 2.10. The van der Waals surface area contributed by atoms with E-state index in [9.17, 15) is 0 Å². The number of nitrogens with zero attached hydrogens (tertiary/aromatic N) is 3. The Morgan fingerprint density at radius 2 is 2.39 bits per heavy atom. The van der Waals surface area contributed by atoms with E-state index in [4.69, 9.17) is 10.5 Å². The highest BCUT2D eigenvalue weighted by Gasteiger charge is 2.23. The first-order chi connectivity index (χ1) is 8.72. The van der Waals surface area contributed by atoms with Gasteiger partial charge in [0, 0.05) is 32.8 Å². The second kappa shape index (κ2) is 5.86. The molecule has 0 aromatic carbocycles. The first-order valence-electron chi connectivity index (χ1n) is 6.39. The molecule has 1 aromatic heterocycles. The fourth-order valence-electron chi connectivity index (χ4n) is 2.09. The molecule has 1 atom stereocenters. The first-order valence-corrected chi connectivity index (χ1v) is 6.39. The van der Waals surface area contributed by atoms with Crippen LogP contribution in [-0.2, 0) is 4.74 Å². The number of nitrogens with one attached hydrogen (secondary N) is 1. The number of nitrogens with two attached hydrogens (primary N) is 1. The second-order valence-corrected chi connectivity index (χ2v) is 4.49. The van der Waals surface area contributed by atoms with Crippen LogP contribution in [0, 0.1) is 0 Å². The van der Waals surface area contributed by atoms with Crippen LogP contribution in [0.1, 0.15) is 19.8 Å². The van der Waals surface area contributed by atoms with Gasteiger partial charge in [0.2, 0.25) is 5.95 Å². The van der Waals surface area contributed by atoms with Gasteiger partial charge in [0.05, 0.1) is 6.10 Å². The smallest absolute Gasteiger partial charge is 0.223 e. The maximum Gasteiger partial charge on any atom is 0.223 e. The molecule has 0 radical (unpaired) electrons. The van der Waals surface area contributed by atoms with E-state index in [0.29, 0.717) is 5.95 Å². The molecule has 6 heteroatoms. The van der Waals surface area contributed by atoms with Crippen LogP contribution in [0.3, 0.4) is 0 Å². The van der Waals surface area contributed by atoms with Crippen molar-refractivity contribution in [2.45, 2.75) is 25.9 Å². The molecule has 6 nitrogen and oxygen atoms in total. The highest BCUT2D eigenvalue weighted by atomic mass is 16.5. The molecule has 0 saturated carbocycles. The summed E-state index contributed by atoms with van der Waals surface area (Å²) in [5.74, 6) is 1.98. The van der Waals surface area contributed by atoms with Gasteiger partial charge in [-0.15, -0.1) is 0 Å². The molecular weight excluding hydrogens is 230 g/mol. The van der Waals surface area contributed by atoms with Gasteiger partial charge in [-0.2, -0.15) is 9.97 Å². The summed E-state index contributed by atoms with van der Waals surface area (Å²) >= 11 is 0. The van der Waals surface area contributed by atoms with Crippen LogP contribution in [0.15, 0.2) is 6.07 Å². The number of hydrogen-bond acceptors (Lipinski definition) is 6. The number of hydrogen-bond donors (Lipinski definition) is 2. The van der Waals surface area contributed by atoms with E-state index in [-0.39, 0.29) is 6.10 Å². The van der Waals surface area contributed by atoms with E-state index >= 15 is 0 Å². The normalized spacial score (nSPS) is 19.2. The van der Waals surface area contributed by atoms with Crippen molar-refractivity contribution >= 4 is 17.6 Å². The lowest BCUT2D eigenvalue weighted by molar-refractivity contribution is 0.121. The van der Waals surface area contributed by atoms with E-state index in [1.54, 1.807) is 7.11 Å². The summed E-state index contributed by atoms with van der Waals surface area (Å²) < 4.78 is 5.36. The summed E-state index contributed by atoms with van der Waals surface area (Å²) in [5.41, 5.74) is 5.75. The van der Waals surface area contributed by atoms with Gasteiger partial charge in [0.25, 0.3) is 0 Å². The van der Waals surface area contributed by atoms with Gasteiger partial charge < -0.3 is 20.7 Å². The van der Waals surface area contributed by atoms with Gasteiger partial charge in [0.15, 0.2) is 0 Å². The number of anilines is 3. The van der Waals surface area contributed by atoms with E-state index in [0.717, 1.165) is 44.1 Å². The molecular formula is C12H21N5O. The largest absolute Gasteiger partial charge is 0.380 e. The van der Waals surface area contributed by atoms with Crippen molar-refractivity contribution in [1.29, 1.82) is 0 Å². The van der Waals surface area contributed by atoms with Crippen molar-refractivity contribution in [3.63, 3.8) is 0 Å². The number of nitrogen functional groups attached to an aromatic ring is 1. The van der Waals surface area contributed by atoms with Crippen LogP contribution in [0.4, 0.5) is 17.6 Å². The maximum atomic E-state index is 5.75. The van der Waals surface area contributed by atoms with Crippen molar-refractivity contribution in [3.05, 3.63) is 6.07 Å². The molecule has 100 valence electrons. The predicted molar refractivity (Wildman–Crippen MR) is 72.9 cm³/mol. The van der Waals surface area contributed by atoms with Gasteiger partial charge in [0.1, 0.15) is 11.6 Å². The van der Waals surface area contributed by atoms with Crippen molar-refractivity contribution < 1.29 is 4.74 Å². The number of methoxy groups -OCH3 is 1. The summed E-state index contributed by atoms with van der Waals surface area (Å²) in [6, 6.07) is 1.95. The molecule has 1 fully saturated rings. The molecule has 3 N–H and O–H groups in total. The molecule has 0 amide bonds. The van der Waals surface area contributed by atoms with E-state index in [1.165, 1.54) is 0 Å². The highest BCUT2D eigenvalue weighted by Crippen LogP contribution is 2.22. The van der Waals surface area contributed by atoms with Crippen molar-refractivity contribution in [2.75, 3.05) is 42.7 Å². The summed E-state index contributed by atoms with van der Waals surface area (Å²) in [7, 11) is 1.75. The lowest BCUT2D eigenvalue weighted by Gasteiger charge is -2.18. The molecule has 0 spiro atoms. The molecule has 2 rings (SSSR count). The Kier molecular flexibility index (Phi) is 4.19. The van der Waals surface area contributed by atoms with Gasteiger partial charge in [-0.05, 0) is 12.8 Å². The van der Waals surface area contributed by atoms with Crippen molar-refractivity contribution in [1.82, 2.24) is 9.97 Å². The van der Waals surface area contributed by atoms with Crippen LogP contribution in [0.25, 0.3) is 0 Å². The molecule has 1 aliphatic rings. The van der Waals surface area contributed by atoms with Gasteiger partial charge in [-0.3, -0.25) is 0 Å². The number of ether oxygens (including phenoxy) is 1. The maximum absolute atomic E-state index is 5.75. The third-order valence-corrected chi connectivity index (χ3v) is 3.09. The van der Waals surface area contributed by atoms with Gasteiger partial charge >= 0.3 is 0 Å². The Bertz CT molecular complexity index is 398. The summed E-state index contributed by atoms with van der Waals surface area (Å²) in [5, 5.41) is 3.24. The van der Waals surface area contributed by atoms with E-state index in [1.807, 2.05) is 6.07 Å². The van der Waals surface area contributed by atoms with Crippen LogP contribution in [0.5, 0.6) is 0 Å². The molecule has 2 heterocycles. The molecule has 1 saturated heterocycles. The molecule has 1 aromatic rings. The fourth-order valence-corrected chi connectivity index (χ4v) is 2.09. The lowest BCUT2D eigenvalue weighted by atomic mass is 10.3. The minimum absolute atomic E-state index is 0.285. The highest BCUT2D eigenvalue weighted by molar-refractivity contribution is 5.53. The van der Waals surface area contributed by atoms with Crippen molar-refractivity contribution in [3.8, 4) is 0 Å². The lowest BCUT2D eigenvalue weighted by Crippen LogP contribution is -2.23. The summed E-state index contributed by atoms with van der Waals surface area (Å²) in [4.78, 5) is 10.7. The molecule has 1 aliphatic heterocycles. The summed E-state index contributed by atoms with van der Waals surface area (Å²) in [6.07, 6.45) is 2.36. The molecule has 18 heavy (non-hydrogen) atoms. The molecule has 0 aliphatic carbocycles. The first kappa shape index (κ1) is 12.9. The number of rotatable bonds is 5. The molecule has 1 unspecified atom stereocenters. The topological polar surface area (TPSA) is 76.3 Å². The SMILES string of the molecule is CCCNc1cc(N2CCC(OC)C2)nc(N)n1. The monoisotopic (exact) mass is 251 g/mol. The predicted octanol–water partition coefficient (Wildman–Crippen LogP) is 1.11. The Hall–Kier alpha value is -1.56. The van der Waals surface area contributed by atoms with Crippen LogP contribution < -0.4 is 16.0 Å². The van der Waals surface area contributed by atoms with Crippen LogP contribution >= 0.6 is 0 Å². The van der Waals surface area contributed by atoms with E-state index in [2.05, 4.69) is 27.1 Å². The van der Waals surface area contributed by atoms with Crippen molar-refractivity contribution in [2.24, 2.45) is 0 Å². The zero-order valence-corrected chi connectivity index (χ0v) is 11.0. The average molecular weight is 251 g/mol. The zero-order chi connectivity index (χ0) is 13.0. The molecule has 0 bridgehead atoms. The third kappa shape index (κ3) is 3.01. The van der Waals surface area contributed by atoms with Crippen LogP contribution in [0.2, 0.25) is 0 Å². The minimum atomic E-state index is 0.285. The minimum Gasteiger partial charge on any atom is -0.380 e. The Labute approximate surface area is 108 Å². The summed E-state index contributed by atoms with van der Waals surface area (Å²) in [6.45, 7) is 4.81. The van der Waals surface area contributed by atoms with Gasteiger partial charge in [-0.1, -0.05) is 6.92 Å². The van der Waals surface area contributed by atoms with Crippen LogP contribution in [-0.4, -0.2) is 42.8 Å². The zero-order valence-electron chi connectivity index (χ0n) is 11.0.